The third kappa shape index (κ3) is 3.66. The van der Waals surface area contributed by atoms with E-state index in [1.807, 2.05) is 6.07 Å². The third-order valence-electron chi connectivity index (χ3n) is 3.98. The molecule has 0 aromatic heterocycles. The second-order valence-corrected chi connectivity index (χ2v) is 5.62. The Hall–Kier alpha value is -1.22. The van der Waals surface area contributed by atoms with Crippen LogP contribution in [0, 0.1) is 5.92 Å². The van der Waals surface area contributed by atoms with E-state index in [0.29, 0.717) is 5.92 Å². The van der Waals surface area contributed by atoms with Gasteiger partial charge in [-0.05, 0) is 36.5 Å². The molecular formula is C17H27NO2. The average Bonchev–Trinajstić information content (AvgIpc) is 2.70. The van der Waals surface area contributed by atoms with Gasteiger partial charge in [0.1, 0.15) is 0 Å². The standard InChI is InChI=1S/C17H27NO2/c1-3-6-13(7-4-2)17(18)14-8-9-15-16(12-14)20-11-5-10-19-15/h8-9,12-13,17H,3-7,10-11,18H2,1-2H3. The second-order valence-electron chi connectivity index (χ2n) is 5.62. The van der Waals surface area contributed by atoms with Crippen LogP contribution >= 0.6 is 0 Å². The Morgan fingerprint density at radius 1 is 1.05 bits per heavy atom. The molecule has 0 amide bonds. The molecule has 1 unspecified atom stereocenters. The molecule has 3 nitrogen and oxygen atoms in total. The van der Waals surface area contributed by atoms with Gasteiger partial charge in [0.25, 0.3) is 0 Å². The van der Waals surface area contributed by atoms with E-state index in [0.717, 1.165) is 31.1 Å². The van der Waals surface area contributed by atoms with Gasteiger partial charge in [-0.3, -0.25) is 0 Å². The van der Waals surface area contributed by atoms with E-state index in [4.69, 9.17) is 15.2 Å². The summed E-state index contributed by atoms with van der Waals surface area (Å²) in [5.74, 6) is 2.25. The van der Waals surface area contributed by atoms with E-state index in [9.17, 15) is 0 Å². The summed E-state index contributed by atoms with van der Waals surface area (Å²) in [6, 6.07) is 6.26. The number of nitrogens with two attached hydrogens (primary N) is 1. The van der Waals surface area contributed by atoms with Crippen molar-refractivity contribution in [2.45, 2.75) is 52.0 Å². The molecule has 0 saturated heterocycles. The highest BCUT2D eigenvalue weighted by Crippen LogP contribution is 2.35. The highest BCUT2D eigenvalue weighted by molar-refractivity contribution is 5.44. The first-order valence-electron chi connectivity index (χ1n) is 7.91. The van der Waals surface area contributed by atoms with Crippen molar-refractivity contribution >= 4 is 0 Å². The quantitative estimate of drug-likeness (QED) is 0.852. The van der Waals surface area contributed by atoms with Gasteiger partial charge in [-0.25, -0.2) is 0 Å². The van der Waals surface area contributed by atoms with Crippen molar-refractivity contribution in [3.63, 3.8) is 0 Å². The summed E-state index contributed by atoms with van der Waals surface area (Å²) in [7, 11) is 0. The lowest BCUT2D eigenvalue weighted by Gasteiger charge is -2.24. The zero-order chi connectivity index (χ0) is 14.4. The number of hydrogen-bond donors (Lipinski definition) is 1. The van der Waals surface area contributed by atoms with Crippen LogP contribution in [0.1, 0.15) is 57.6 Å². The van der Waals surface area contributed by atoms with Crippen LogP contribution < -0.4 is 15.2 Å². The van der Waals surface area contributed by atoms with Gasteiger partial charge in [-0.15, -0.1) is 0 Å². The molecule has 0 fully saturated rings. The predicted octanol–water partition coefficient (Wildman–Crippen LogP) is 4.06. The lowest BCUT2D eigenvalue weighted by molar-refractivity contribution is 0.296. The van der Waals surface area contributed by atoms with E-state index in [1.165, 1.54) is 31.2 Å². The third-order valence-corrected chi connectivity index (χ3v) is 3.98. The zero-order valence-electron chi connectivity index (χ0n) is 12.7. The summed E-state index contributed by atoms with van der Waals surface area (Å²) in [6.45, 7) is 5.90. The van der Waals surface area contributed by atoms with Gasteiger partial charge >= 0.3 is 0 Å². The fourth-order valence-electron chi connectivity index (χ4n) is 2.90. The Balaban J connectivity index is 2.16. The molecule has 2 rings (SSSR count). The maximum atomic E-state index is 6.49. The fraction of sp³-hybridized carbons (Fsp3) is 0.647. The first kappa shape index (κ1) is 15.2. The molecule has 1 atom stereocenters. The largest absolute Gasteiger partial charge is 0.490 e. The number of rotatable bonds is 6. The molecule has 0 saturated carbocycles. The van der Waals surface area contributed by atoms with Gasteiger partial charge in [-0.2, -0.15) is 0 Å². The summed E-state index contributed by atoms with van der Waals surface area (Å²) >= 11 is 0. The Bertz CT molecular complexity index is 413. The minimum atomic E-state index is 0.0899. The summed E-state index contributed by atoms with van der Waals surface area (Å²) in [4.78, 5) is 0. The number of hydrogen-bond acceptors (Lipinski definition) is 3. The van der Waals surface area contributed by atoms with Gasteiger partial charge in [0, 0.05) is 12.5 Å². The molecule has 112 valence electrons. The van der Waals surface area contributed by atoms with Crippen LogP contribution in [0.25, 0.3) is 0 Å². The van der Waals surface area contributed by atoms with Crippen molar-refractivity contribution < 1.29 is 9.47 Å². The summed E-state index contributed by atoms with van der Waals surface area (Å²) in [6.07, 6.45) is 5.67. The molecule has 1 aliphatic heterocycles. The molecule has 0 radical (unpaired) electrons. The van der Waals surface area contributed by atoms with E-state index >= 15 is 0 Å². The van der Waals surface area contributed by atoms with E-state index in [1.54, 1.807) is 0 Å². The lowest BCUT2D eigenvalue weighted by atomic mass is 9.86. The first-order valence-corrected chi connectivity index (χ1v) is 7.91. The fourth-order valence-corrected chi connectivity index (χ4v) is 2.90. The zero-order valence-corrected chi connectivity index (χ0v) is 12.7. The summed E-state index contributed by atoms with van der Waals surface area (Å²) in [5.41, 5.74) is 7.65. The van der Waals surface area contributed by atoms with Gasteiger partial charge in [0.05, 0.1) is 13.2 Å². The molecule has 0 spiro atoms. The van der Waals surface area contributed by atoms with Gasteiger partial charge in [0.2, 0.25) is 0 Å². The van der Waals surface area contributed by atoms with Crippen LogP contribution in [0.4, 0.5) is 0 Å². The van der Waals surface area contributed by atoms with Gasteiger partial charge in [0.15, 0.2) is 11.5 Å². The Kier molecular flexibility index (Phi) is 5.72. The minimum Gasteiger partial charge on any atom is -0.490 e. The molecule has 0 aliphatic carbocycles. The van der Waals surface area contributed by atoms with Crippen LogP contribution in [0.2, 0.25) is 0 Å². The SMILES string of the molecule is CCCC(CCC)C(N)c1ccc2c(c1)OCCCO2. The molecule has 0 bridgehead atoms. The van der Waals surface area contributed by atoms with Crippen molar-refractivity contribution in [1.82, 2.24) is 0 Å². The Morgan fingerprint density at radius 2 is 1.70 bits per heavy atom. The maximum Gasteiger partial charge on any atom is 0.161 e. The molecule has 1 heterocycles. The monoisotopic (exact) mass is 277 g/mol. The van der Waals surface area contributed by atoms with Gasteiger partial charge < -0.3 is 15.2 Å². The molecular weight excluding hydrogens is 250 g/mol. The average molecular weight is 277 g/mol. The Morgan fingerprint density at radius 3 is 2.35 bits per heavy atom. The van der Waals surface area contributed by atoms with Crippen LogP contribution in [-0.4, -0.2) is 13.2 Å². The van der Waals surface area contributed by atoms with Crippen LogP contribution in [-0.2, 0) is 0 Å². The van der Waals surface area contributed by atoms with Crippen molar-refractivity contribution in [3.05, 3.63) is 23.8 Å². The van der Waals surface area contributed by atoms with Crippen LogP contribution in [0.3, 0.4) is 0 Å². The molecule has 20 heavy (non-hydrogen) atoms. The normalized spacial score (nSPS) is 16.0. The van der Waals surface area contributed by atoms with Crippen molar-refractivity contribution in [2.24, 2.45) is 11.7 Å². The van der Waals surface area contributed by atoms with Gasteiger partial charge in [-0.1, -0.05) is 32.8 Å². The van der Waals surface area contributed by atoms with Crippen molar-refractivity contribution in [2.75, 3.05) is 13.2 Å². The highest BCUT2D eigenvalue weighted by Gasteiger charge is 2.20. The lowest BCUT2D eigenvalue weighted by Crippen LogP contribution is -2.21. The maximum absolute atomic E-state index is 6.49. The molecule has 1 aliphatic rings. The van der Waals surface area contributed by atoms with Crippen LogP contribution in [0.5, 0.6) is 11.5 Å². The van der Waals surface area contributed by atoms with Crippen molar-refractivity contribution in [1.29, 1.82) is 0 Å². The number of fused-ring (bicyclic) bond motifs is 1. The topological polar surface area (TPSA) is 44.5 Å². The van der Waals surface area contributed by atoms with Crippen LogP contribution in [0.15, 0.2) is 18.2 Å². The first-order chi connectivity index (χ1) is 9.76. The second kappa shape index (κ2) is 7.53. The van der Waals surface area contributed by atoms with E-state index in [-0.39, 0.29) is 6.04 Å². The summed E-state index contributed by atoms with van der Waals surface area (Å²) in [5, 5.41) is 0. The Labute approximate surface area is 122 Å². The van der Waals surface area contributed by atoms with E-state index in [2.05, 4.69) is 26.0 Å². The smallest absolute Gasteiger partial charge is 0.161 e. The highest BCUT2D eigenvalue weighted by atomic mass is 16.5. The molecule has 1 aromatic rings. The number of benzene rings is 1. The summed E-state index contributed by atoms with van der Waals surface area (Å²) < 4.78 is 11.4. The number of ether oxygens (including phenoxy) is 2. The molecule has 1 aromatic carbocycles. The molecule has 3 heteroatoms. The minimum absolute atomic E-state index is 0.0899. The van der Waals surface area contributed by atoms with E-state index < -0.39 is 0 Å². The van der Waals surface area contributed by atoms with Crippen molar-refractivity contribution in [3.8, 4) is 11.5 Å². The molecule has 2 N–H and O–H groups in total. The predicted molar refractivity (Wildman–Crippen MR) is 82.3 cm³/mol.